The third kappa shape index (κ3) is 2.12. The van der Waals surface area contributed by atoms with Gasteiger partial charge in [0.05, 0.1) is 9.77 Å². The summed E-state index contributed by atoms with van der Waals surface area (Å²) in [7, 11) is 0. The van der Waals surface area contributed by atoms with Gasteiger partial charge in [0.2, 0.25) is 0 Å². The molecule has 0 saturated carbocycles. The Bertz CT molecular complexity index is 703. The summed E-state index contributed by atoms with van der Waals surface area (Å²) in [4.78, 5) is 15.1. The molecule has 2 heterocycles. The summed E-state index contributed by atoms with van der Waals surface area (Å²) in [5.41, 5.74) is 1.36. The van der Waals surface area contributed by atoms with Crippen LogP contribution in [0.2, 0.25) is 0 Å². The van der Waals surface area contributed by atoms with Crippen LogP contribution in [0.1, 0.15) is 10.4 Å². The third-order valence-electron chi connectivity index (χ3n) is 2.30. The molecule has 0 radical (unpaired) electrons. The Kier molecular flexibility index (Phi) is 2.81. The summed E-state index contributed by atoms with van der Waals surface area (Å²) in [6.45, 7) is 0. The minimum atomic E-state index is -0.972. The molecular formula is C12H7NO3S2. The first-order chi connectivity index (χ1) is 8.72. The number of thiophene rings is 1. The van der Waals surface area contributed by atoms with E-state index in [1.807, 2.05) is 17.5 Å². The monoisotopic (exact) mass is 277 g/mol. The number of carboxylic acids is 1. The molecule has 0 atom stereocenters. The van der Waals surface area contributed by atoms with Gasteiger partial charge in [-0.1, -0.05) is 6.07 Å². The Morgan fingerprint density at radius 3 is 3.00 bits per heavy atom. The number of hydrogen-bond acceptors (Lipinski definition) is 5. The molecule has 18 heavy (non-hydrogen) atoms. The number of rotatable bonds is 3. The van der Waals surface area contributed by atoms with Gasteiger partial charge in [-0.25, -0.2) is 9.78 Å². The number of oxazole rings is 1. The standard InChI is InChI=1S/C12H7NO3S2/c14-11(15)7-3-4-8-9(6-7)16-12(13-8)18-10-2-1-5-17-10/h1-6H,(H,14,15). The molecule has 1 aromatic carbocycles. The fourth-order valence-corrected chi connectivity index (χ4v) is 3.10. The van der Waals surface area contributed by atoms with E-state index in [4.69, 9.17) is 9.52 Å². The Morgan fingerprint density at radius 2 is 2.28 bits per heavy atom. The van der Waals surface area contributed by atoms with Gasteiger partial charge in [-0.3, -0.25) is 0 Å². The molecule has 1 N–H and O–H groups in total. The minimum absolute atomic E-state index is 0.200. The predicted octanol–water partition coefficient (Wildman–Crippen LogP) is 3.74. The average molecular weight is 277 g/mol. The molecule has 0 aliphatic carbocycles. The van der Waals surface area contributed by atoms with Crippen LogP contribution in [0.25, 0.3) is 11.1 Å². The van der Waals surface area contributed by atoms with Gasteiger partial charge in [-0.15, -0.1) is 11.3 Å². The molecule has 0 fully saturated rings. The molecule has 0 aliphatic rings. The van der Waals surface area contributed by atoms with Crippen LogP contribution >= 0.6 is 23.1 Å². The van der Waals surface area contributed by atoms with E-state index in [-0.39, 0.29) is 5.56 Å². The van der Waals surface area contributed by atoms with Gasteiger partial charge in [0.1, 0.15) is 5.52 Å². The van der Waals surface area contributed by atoms with Gasteiger partial charge < -0.3 is 9.52 Å². The summed E-state index contributed by atoms with van der Waals surface area (Å²) in [5, 5.41) is 11.4. The van der Waals surface area contributed by atoms with Gasteiger partial charge >= 0.3 is 5.97 Å². The van der Waals surface area contributed by atoms with Crippen molar-refractivity contribution < 1.29 is 14.3 Å². The van der Waals surface area contributed by atoms with Crippen molar-refractivity contribution in [3.05, 3.63) is 41.3 Å². The maximum absolute atomic E-state index is 10.8. The molecule has 90 valence electrons. The second-order valence-electron chi connectivity index (χ2n) is 3.50. The van der Waals surface area contributed by atoms with Gasteiger partial charge in [0, 0.05) is 0 Å². The van der Waals surface area contributed by atoms with Crippen molar-refractivity contribution in [3.63, 3.8) is 0 Å². The predicted molar refractivity (Wildman–Crippen MR) is 69.4 cm³/mol. The highest BCUT2D eigenvalue weighted by Crippen LogP contribution is 2.32. The summed E-state index contributed by atoms with van der Waals surface area (Å²) in [6.07, 6.45) is 0. The van der Waals surface area contributed by atoms with Crippen LogP contribution in [-0.4, -0.2) is 16.1 Å². The summed E-state index contributed by atoms with van der Waals surface area (Å²) < 4.78 is 6.61. The molecule has 0 unspecified atom stereocenters. The molecule has 2 aromatic heterocycles. The zero-order valence-corrected chi connectivity index (χ0v) is 10.6. The minimum Gasteiger partial charge on any atom is -0.478 e. The fraction of sp³-hybridized carbons (Fsp3) is 0. The van der Waals surface area contributed by atoms with E-state index < -0.39 is 5.97 Å². The average Bonchev–Trinajstić information content (AvgIpc) is 2.96. The number of aromatic carboxylic acids is 1. The van der Waals surface area contributed by atoms with Crippen molar-refractivity contribution in [2.45, 2.75) is 9.43 Å². The molecule has 6 heteroatoms. The first-order valence-corrected chi connectivity index (χ1v) is 6.77. The maximum atomic E-state index is 10.8. The smallest absolute Gasteiger partial charge is 0.335 e. The molecule has 3 aromatic rings. The second kappa shape index (κ2) is 4.47. The zero-order valence-electron chi connectivity index (χ0n) is 8.99. The second-order valence-corrected chi connectivity index (χ2v) is 5.70. The number of benzene rings is 1. The Hall–Kier alpha value is -1.79. The first kappa shape index (κ1) is 11.3. The van der Waals surface area contributed by atoms with Crippen LogP contribution in [-0.2, 0) is 0 Å². The van der Waals surface area contributed by atoms with E-state index >= 15 is 0 Å². The van der Waals surface area contributed by atoms with Crippen molar-refractivity contribution >= 4 is 40.2 Å². The van der Waals surface area contributed by atoms with Crippen molar-refractivity contribution in [1.82, 2.24) is 4.98 Å². The van der Waals surface area contributed by atoms with Crippen molar-refractivity contribution in [1.29, 1.82) is 0 Å². The van der Waals surface area contributed by atoms with Crippen LogP contribution in [0.4, 0.5) is 0 Å². The number of fused-ring (bicyclic) bond motifs is 1. The van der Waals surface area contributed by atoms with Crippen LogP contribution in [0.15, 0.2) is 49.6 Å². The van der Waals surface area contributed by atoms with Gasteiger partial charge in [-0.05, 0) is 41.4 Å². The lowest BCUT2D eigenvalue weighted by Crippen LogP contribution is -1.94. The number of nitrogens with zero attached hydrogens (tertiary/aromatic N) is 1. The Morgan fingerprint density at radius 1 is 1.39 bits per heavy atom. The summed E-state index contributed by atoms with van der Waals surface area (Å²) in [6, 6.07) is 8.60. The number of hydrogen-bond donors (Lipinski definition) is 1. The Labute approximate surface area is 110 Å². The van der Waals surface area contributed by atoms with Crippen LogP contribution in [0, 0.1) is 0 Å². The summed E-state index contributed by atoms with van der Waals surface area (Å²) >= 11 is 3.03. The van der Waals surface area contributed by atoms with Gasteiger partial charge in [0.25, 0.3) is 5.22 Å². The van der Waals surface area contributed by atoms with Crippen molar-refractivity contribution in [2.75, 3.05) is 0 Å². The molecular weight excluding hydrogens is 270 g/mol. The number of carboxylic acid groups (broad SMARTS) is 1. The molecule has 4 nitrogen and oxygen atoms in total. The van der Waals surface area contributed by atoms with E-state index in [9.17, 15) is 4.79 Å². The first-order valence-electron chi connectivity index (χ1n) is 5.07. The lowest BCUT2D eigenvalue weighted by atomic mass is 10.2. The fourth-order valence-electron chi connectivity index (χ4n) is 1.49. The highest BCUT2D eigenvalue weighted by molar-refractivity contribution is 8.00. The Balaban J connectivity index is 1.98. The van der Waals surface area contributed by atoms with E-state index in [0.717, 1.165) is 4.21 Å². The zero-order chi connectivity index (χ0) is 12.5. The molecule has 0 bridgehead atoms. The quantitative estimate of drug-likeness (QED) is 0.790. The van der Waals surface area contributed by atoms with E-state index in [1.165, 1.54) is 23.9 Å². The molecule has 0 amide bonds. The highest BCUT2D eigenvalue weighted by atomic mass is 32.2. The van der Waals surface area contributed by atoms with E-state index in [1.54, 1.807) is 17.4 Å². The third-order valence-corrected chi connectivity index (χ3v) is 4.19. The lowest BCUT2D eigenvalue weighted by molar-refractivity contribution is 0.0697. The SMILES string of the molecule is O=C(O)c1ccc2nc(Sc3cccs3)oc2c1. The maximum Gasteiger partial charge on any atom is 0.335 e. The molecule has 0 spiro atoms. The summed E-state index contributed by atoms with van der Waals surface area (Å²) in [5.74, 6) is -0.972. The molecule has 3 rings (SSSR count). The van der Waals surface area contributed by atoms with Crippen molar-refractivity contribution in [3.8, 4) is 0 Å². The normalized spacial score (nSPS) is 10.9. The van der Waals surface area contributed by atoms with Crippen LogP contribution in [0.5, 0.6) is 0 Å². The molecule has 0 aliphatic heterocycles. The molecule has 0 saturated heterocycles. The van der Waals surface area contributed by atoms with E-state index in [0.29, 0.717) is 16.3 Å². The van der Waals surface area contributed by atoms with Crippen LogP contribution < -0.4 is 0 Å². The highest BCUT2D eigenvalue weighted by Gasteiger charge is 2.11. The topological polar surface area (TPSA) is 63.3 Å². The van der Waals surface area contributed by atoms with Gasteiger partial charge in [-0.2, -0.15) is 0 Å². The lowest BCUT2D eigenvalue weighted by Gasteiger charge is -1.91. The number of carbonyl (C=O) groups is 1. The van der Waals surface area contributed by atoms with Crippen molar-refractivity contribution in [2.24, 2.45) is 0 Å². The van der Waals surface area contributed by atoms with E-state index in [2.05, 4.69) is 4.98 Å². The van der Waals surface area contributed by atoms with Crippen LogP contribution in [0.3, 0.4) is 0 Å². The number of aromatic nitrogens is 1. The van der Waals surface area contributed by atoms with Gasteiger partial charge in [0.15, 0.2) is 5.58 Å². The largest absolute Gasteiger partial charge is 0.478 e.